The van der Waals surface area contributed by atoms with Gasteiger partial charge in [-0.1, -0.05) is 5.21 Å². The maximum absolute atomic E-state index is 5.51. The molecule has 0 aromatic carbocycles. The van der Waals surface area contributed by atoms with Crippen molar-refractivity contribution in [3.63, 3.8) is 0 Å². The molecule has 9 heavy (non-hydrogen) atoms. The van der Waals surface area contributed by atoms with Crippen molar-refractivity contribution in [1.29, 1.82) is 0 Å². The molecule has 0 saturated heterocycles. The first-order valence-corrected chi connectivity index (χ1v) is 2.82. The third kappa shape index (κ3) is 1.26. The Morgan fingerprint density at radius 2 is 2.44 bits per heavy atom. The van der Waals surface area contributed by atoms with E-state index >= 15 is 0 Å². The van der Waals surface area contributed by atoms with Crippen molar-refractivity contribution in [1.82, 2.24) is 15.0 Å². The largest absolute Gasteiger partial charge is 0.323 e. The molecule has 1 aromatic rings. The topological polar surface area (TPSA) is 56.7 Å². The van der Waals surface area contributed by atoms with Crippen LogP contribution in [0.3, 0.4) is 0 Å². The smallest absolute Gasteiger partial charge is 0.0991 e. The summed E-state index contributed by atoms with van der Waals surface area (Å²) in [6.45, 7) is 1.88. The zero-order chi connectivity index (χ0) is 6.85. The first-order chi connectivity index (χ1) is 4.20. The highest BCUT2D eigenvalue weighted by Gasteiger charge is 2.01. The number of nitrogens with zero attached hydrogens (tertiary/aromatic N) is 3. The van der Waals surface area contributed by atoms with Gasteiger partial charge in [0.05, 0.1) is 5.69 Å². The van der Waals surface area contributed by atoms with E-state index in [4.69, 9.17) is 5.73 Å². The van der Waals surface area contributed by atoms with Gasteiger partial charge in [-0.3, -0.25) is 4.68 Å². The van der Waals surface area contributed by atoms with Crippen LogP contribution < -0.4 is 5.73 Å². The van der Waals surface area contributed by atoms with E-state index in [9.17, 15) is 0 Å². The summed E-state index contributed by atoms with van der Waals surface area (Å²) in [7, 11) is 1.82. The SMILES string of the molecule is C[C@@H](N)c1cn(C)nn1. The summed E-state index contributed by atoms with van der Waals surface area (Å²) in [5.41, 5.74) is 6.34. The highest BCUT2D eigenvalue weighted by Crippen LogP contribution is 2.01. The van der Waals surface area contributed by atoms with Crippen LogP contribution in [0.1, 0.15) is 18.7 Å². The molecule has 0 unspecified atom stereocenters. The molecule has 4 nitrogen and oxygen atoms in total. The number of nitrogens with two attached hydrogens (primary N) is 1. The molecular formula is C5H10N4. The third-order valence-electron chi connectivity index (χ3n) is 1.09. The maximum atomic E-state index is 5.51. The summed E-state index contributed by atoms with van der Waals surface area (Å²) in [6.07, 6.45) is 1.81. The normalized spacial score (nSPS) is 13.7. The summed E-state index contributed by atoms with van der Waals surface area (Å²) in [5.74, 6) is 0. The van der Waals surface area contributed by atoms with Gasteiger partial charge in [0.1, 0.15) is 0 Å². The fourth-order valence-corrected chi connectivity index (χ4v) is 0.574. The molecule has 0 bridgehead atoms. The van der Waals surface area contributed by atoms with Gasteiger partial charge in [-0.25, -0.2) is 0 Å². The van der Waals surface area contributed by atoms with E-state index < -0.39 is 0 Å². The molecular weight excluding hydrogens is 116 g/mol. The fraction of sp³-hybridized carbons (Fsp3) is 0.600. The molecule has 1 heterocycles. The van der Waals surface area contributed by atoms with Crippen molar-refractivity contribution in [2.45, 2.75) is 13.0 Å². The Morgan fingerprint density at radius 3 is 2.67 bits per heavy atom. The molecule has 1 aromatic heterocycles. The molecule has 1 rings (SSSR count). The Kier molecular flexibility index (Phi) is 1.48. The van der Waals surface area contributed by atoms with Crippen LogP contribution in [0.25, 0.3) is 0 Å². The van der Waals surface area contributed by atoms with Crippen molar-refractivity contribution < 1.29 is 0 Å². The predicted molar refractivity (Wildman–Crippen MR) is 33.6 cm³/mol. The summed E-state index contributed by atoms with van der Waals surface area (Å²) >= 11 is 0. The highest BCUT2D eigenvalue weighted by molar-refractivity contribution is 4.96. The van der Waals surface area contributed by atoms with Gasteiger partial charge < -0.3 is 5.73 Å². The number of hydrogen-bond donors (Lipinski definition) is 1. The second kappa shape index (κ2) is 2.14. The van der Waals surface area contributed by atoms with E-state index in [0.29, 0.717) is 0 Å². The number of aromatic nitrogens is 3. The average molecular weight is 126 g/mol. The van der Waals surface area contributed by atoms with Gasteiger partial charge in [-0.15, -0.1) is 5.10 Å². The van der Waals surface area contributed by atoms with Gasteiger partial charge in [0.25, 0.3) is 0 Å². The van der Waals surface area contributed by atoms with Crippen LogP contribution in [0, 0.1) is 0 Å². The van der Waals surface area contributed by atoms with E-state index in [-0.39, 0.29) is 6.04 Å². The second-order valence-corrected chi connectivity index (χ2v) is 2.11. The quantitative estimate of drug-likeness (QED) is 0.568. The number of hydrogen-bond acceptors (Lipinski definition) is 3. The van der Waals surface area contributed by atoms with Crippen molar-refractivity contribution in [3.05, 3.63) is 11.9 Å². The summed E-state index contributed by atoms with van der Waals surface area (Å²) in [4.78, 5) is 0. The van der Waals surface area contributed by atoms with Crippen molar-refractivity contribution in [2.75, 3.05) is 0 Å². The lowest BCUT2D eigenvalue weighted by Crippen LogP contribution is -2.04. The lowest BCUT2D eigenvalue weighted by Gasteiger charge is -1.94. The lowest BCUT2D eigenvalue weighted by molar-refractivity contribution is 0.708. The van der Waals surface area contributed by atoms with Gasteiger partial charge in [0, 0.05) is 19.3 Å². The summed E-state index contributed by atoms with van der Waals surface area (Å²) in [5, 5.41) is 7.53. The molecule has 0 aliphatic carbocycles. The molecule has 0 fully saturated rings. The molecule has 0 spiro atoms. The van der Waals surface area contributed by atoms with E-state index in [1.165, 1.54) is 0 Å². The fourth-order valence-electron chi connectivity index (χ4n) is 0.574. The minimum atomic E-state index is -0.0151. The van der Waals surface area contributed by atoms with Gasteiger partial charge >= 0.3 is 0 Å². The maximum Gasteiger partial charge on any atom is 0.0991 e. The first kappa shape index (κ1) is 6.22. The Hall–Kier alpha value is -0.900. The summed E-state index contributed by atoms with van der Waals surface area (Å²) in [6, 6.07) is -0.0151. The van der Waals surface area contributed by atoms with E-state index in [2.05, 4.69) is 10.3 Å². The zero-order valence-corrected chi connectivity index (χ0v) is 5.57. The average Bonchev–Trinajstić information content (AvgIpc) is 2.14. The highest BCUT2D eigenvalue weighted by atomic mass is 15.4. The minimum Gasteiger partial charge on any atom is -0.323 e. The molecule has 50 valence electrons. The van der Waals surface area contributed by atoms with Crippen molar-refractivity contribution >= 4 is 0 Å². The van der Waals surface area contributed by atoms with Crippen molar-refractivity contribution in [2.24, 2.45) is 12.8 Å². The Bertz CT molecular complexity index is 191. The first-order valence-electron chi connectivity index (χ1n) is 2.82. The van der Waals surface area contributed by atoms with Crippen LogP contribution in [0.5, 0.6) is 0 Å². The molecule has 0 radical (unpaired) electrons. The van der Waals surface area contributed by atoms with Gasteiger partial charge in [-0.05, 0) is 6.92 Å². The second-order valence-electron chi connectivity index (χ2n) is 2.11. The molecule has 0 amide bonds. The van der Waals surface area contributed by atoms with Crippen LogP contribution in [-0.2, 0) is 7.05 Å². The zero-order valence-electron chi connectivity index (χ0n) is 5.57. The van der Waals surface area contributed by atoms with E-state index in [0.717, 1.165) is 5.69 Å². The van der Waals surface area contributed by atoms with E-state index in [1.807, 2.05) is 20.2 Å². The van der Waals surface area contributed by atoms with Gasteiger partial charge in [0.2, 0.25) is 0 Å². The molecule has 0 aliphatic heterocycles. The molecule has 0 aliphatic rings. The van der Waals surface area contributed by atoms with E-state index in [1.54, 1.807) is 4.68 Å². The van der Waals surface area contributed by atoms with Crippen LogP contribution in [0.15, 0.2) is 6.20 Å². The third-order valence-corrected chi connectivity index (χ3v) is 1.09. The van der Waals surface area contributed by atoms with Gasteiger partial charge in [0.15, 0.2) is 0 Å². The van der Waals surface area contributed by atoms with Crippen LogP contribution in [0.2, 0.25) is 0 Å². The van der Waals surface area contributed by atoms with Crippen molar-refractivity contribution in [3.8, 4) is 0 Å². The standard InChI is InChI=1S/C5H10N4/c1-4(6)5-3-9(2)8-7-5/h3-4H,6H2,1-2H3/t4-/m1/s1. The lowest BCUT2D eigenvalue weighted by atomic mass is 10.3. The molecule has 0 saturated carbocycles. The number of aryl methyl sites for hydroxylation is 1. The van der Waals surface area contributed by atoms with Crippen LogP contribution in [0.4, 0.5) is 0 Å². The van der Waals surface area contributed by atoms with Crippen LogP contribution in [-0.4, -0.2) is 15.0 Å². The molecule has 1 atom stereocenters. The predicted octanol–water partition coefficient (Wildman–Crippen LogP) is -0.165. The van der Waals surface area contributed by atoms with Gasteiger partial charge in [-0.2, -0.15) is 0 Å². The minimum absolute atomic E-state index is 0.0151. The number of rotatable bonds is 1. The Balaban J connectivity index is 2.85. The monoisotopic (exact) mass is 126 g/mol. The summed E-state index contributed by atoms with van der Waals surface area (Å²) < 4.78 is 1.64. The van der Waals surface area contributed by atoms with Crippen LogP contribution >= 0.6 is 0 Å². The Labute approximate surface area is 53.7 Å². The molecule has 4 heteroatoms. The Morgan fingerprint density at radius 1 is 1.78 bits per heavy atom. The molecule has 2 N–H and O–H groups in total.